The van der Waals surface area contributed by atoms with Crippen LogP contribution in [0.3, 0.4) is 0 Å². The molecule has 3 heteroatoms. The first-order valence-corrected chi connectivity index (χ1v) is 4.99. The van der Waals surface area contributed by atoms with Crippen LogP contribution in [0.15, 0.2) is 35.3 Å². The van der Waals surface area contributed by atoms with Crippen LogP contribution in [0.25, 0.3) is 0 Å². The van der Waals surface area contributed by atoms with Gasteiger partial charge in [-0.15, -0.1) is 0 Å². The number of ether oxygens (including phenoxy) is 1. The highest BCUT2D eigenvalue weighted by Crippen LogP contribution is 2.10. The van der Waals surface area contributed by atoms with Gasteiger partial charge in [-0.3, -0.25) is 4.99 Å². The molecule has 1 aliphatic heterocycles. The van der Waals surface area contributed by atoms with Crippen molar-refractivity contribution in [1.29, 1.82) is 0 Å². The number of cyclic esters (lactones) is 1. The van der Waals surface area contributed by atoms with Crippen LogP contribution in [-0.4, -0.2) is 24.3 Å². The molecule has 0 saturated carbocycles. The zero-order valence-corrected chi connectivity index (χ0v) is 8.64. The minimum Gasteiger partial charge on any atom is -0.458 e. The van der Waals surface area contributed by atoms with Gasteiger partial charge in [-0.25, -0.2) is 4.79 Å². The fourth-order valence-corrected chi connectivity index (χ4v) is 1.59. The molecular formula is C12H13NO2. The molecule has 1 aliphatic rings. The Hall–Kier alpha value is -1.64. The number of aliphatic imine (C=N–C) groups is 1. The first-order chi connectivity index (χ1) is 7.25. The zero-order valence-electron chi connectivity index (χ0n) is 8.64. The average molecular weight is 203 g/mol. The van der Waals surface area contributed by atoms with Crippen molar-refractivity contribution in [2.24, 2.45) is 4.99 Å². The second-order valence-electron chi connectivity index (χ2n) is 3.68. The van der Waals surface area contributed by atoms with Gasteiger partial charge in [-0.05, 0) is 12.5 Å². The number of hydrogen-bond donors (Lipinski definition) is 0. The Labute approximate surface area is 88.8 Å². The summed E-state index contributed by atoms with van der Waals surface area (Å²) in [5.41, 5.74) is 1.99. The van der Waals surface area contributed by atoms with E-state index in [0.717, 1.165) is 11.3 Å². The van der Waals surface area contributed by atoms with Crippen LogP contribution in [0, 0.1) is 0 Å². The lowest BCUT2D eigenvalue weighted by atomic mass is 10.1. The summed E-state index contributed by atoms with van der Waals surface area (Å²) in [5, 5.41) is 0. The van der Waals surface area contributed by atoms with Gasteiger partial charge < -0.3 is 4.74 Å². The number of nitrogens with zero attached hydrogens (tertiary/aromatic N) is 1. The summed E-state index contributed by atoms with van der Waals surface area (Å²) in [6.45, 7) is 2.22. The first-order valence-electron chi connectivity index (χ1n) is 4.99. The Balaban J connectivity index is 2.11. The van der Waals surface area contributed by atoms with Crippen LogP contribution >= 0.6 is 0 Å². The van der Waals surface area contributed by atoms with Gasteiger partial charge in [0.25, 0.3) is 0 Å². The van der Waals surface area contributed by atoms with E-state index in [2.05, 4.69) is 4.99 Å². The van der Waals surface area contributed by atoms with Crippen LogP contribution < -0.4 is 0 Å². The highest BCUT2D eigenvalue weighted by atomic mass is 16.5. The summed E-state index contributed by atoms with van der Waals surface area (Å²) in [6.07, 6.45) is 0.622. The molecule has 1 aromatic carbocycles. The number of benzene rings is 1. The van der Waals surface area contributed by atoms with Crippen molar-refractivity contribution in [2.45, 2.75) is 19.4 Å². The van der Waals surface area contributed by atoms with Crippen LogP contribution in [-0.2, 0) is 16.0 Å². The second-order valence-corrected chi connectivity index (χ2v) is 3.68. The van der Waals surface area contributed by atoms with E-state index in [1.807, 2.05) is 37.3 Å². The molecule has 0 unspecified atom stereocenters. The largest absolute Gasteiger partial charge is 0.458 e. The van der Waals surface area contributed by atoms with E-state index in [-0.39, 0.29) is 12.0 Å². The summed E-state index contributed by atoms with van der Waals surface area (Å²) in [7, 11) is 0. The Morgan fingerprint density at radius 2 is 2.13 bits per heavy atom. The molecule has 1 heterocycles. The van der Waals surface area contributed by atoms with Crippen molar-refractivity contribution < 1.29 is 9.53 Å². The highest BCUT2D eigenvalue weighted by Gasteiger charge is 2.23. The van der Waals surface area contributed by atoms with Gasteiger partial charge in [0.1, 0.15) is 6.61 Å². The average Bonchev–Trinajstić information content (AvgIpc) is 2.25. The Kier molecular flexibility index (Phi) is 2.81. The Bertz CT molecular complexity index is 384. The third-order valence-electron chi connectivity index (χ3n) is 2.34. The molecule has 0 saturated heterocycles. The lowest BCUT2D eigenvalue weighted by Gasteiger charge is -2.18. The molecule has 3 nitrogen and oxygen atoms in total. The van der Waals surface area contributed by atoms with Gasteiger partial charge in [0, 0.05) is 12.1 Å². The second kappa shape index (κ2) is 4.26. The van der Waals surface area contributed by atoms with Crippen molar-refractivity contribution in [2.75, 3.05) is 6.61 Å². The van der Waals surface area contributed by atoms with Gasteiger partial charge in [-0.2, -0.15) is 0 Å². The lowest BCUT2D eigenvalue weighted by molar-refractivity contribution is -0.144. The zero-order chi connectivity index (χ0) is 10.7. The maximum Gasteiger partial charge on any atom is 0.331 e. The van der Waals surface area contributed by atoms with Crippen molar-refractivity contribution >= 4 is 11.7 Å². The van der Waals surface area contributed by atoms with Crippen LogP contribution in [0.4, 0.5) is 0 Å². The third kappa shape index (κ3) is 2.43. The SMILES string of the molecule is CC1=N[C@@H](Cc2ccccc2)C(=O)OC1. The van der Waals surface area contributed by atoms with E-state index in [1.54, 1.807) is 0 Å². The van der Waals surface area contributed by atoms with Crippen LogP contribution in [0.5, 0.6) is 0 Å². The monoisotopic (exact) mass is 203 g/mol. The molecule has 0 spiro atoms. The smallest absolute Gasteiger partial charge is 0.331 e. The minimum absolute atomic E-state index is 0.218. The first kappa shape index (κ1) is 9.90. The van der Waals surface area contributed by atoms with E-state index in [9.17, 15) is 4.79 Å². The molecule has 0 bridgehead atoms. The summed E-state index contributed by atoms with van der Waals surface area (Å²) in [5.74, 6) is -0.218. The fourth-order valence-electron chi connectivity index (χ4n) is 1.59. The molecule has 1 aromatic rings. The van der Waals surface area contributed by atoms with Gasteiger partial charge in [-0.1, -0.05) is 30.3 Å². The van der Waals surface area contributed by atoms with Crippen LogP contribution in [0.2, 0.25) is 0 Å². The number of hydrogen-bond acceptors (Lipinski definition) is 3. The molecule has 78 valence electrons. The normalized spacial score (nSPS) is 20.7. The predicted octanol–water partition coefficient (Wildman–Crippen LogP) is 1.62. The molecule has 0 fully saturated rings. The molecular weight excluding hydrogens is 190 g/mol. The summed E-state index contributed by atoms with van der Waals surface area (Å²) < 4.78 is 5.01. The number of esters is 1. The molecule has 0 aliphatic carbocycles. The Morgan fingerprint density at radius 1 is 1.40 bits per heavy atom. The fraction of sp³-hybridized carbons (Fsp3) is 0.333. The maximum atomic E-state index is 11.4. The molecule has 1 atom stereocenters. The van der Waals surface area contributed by atoms with E-state index in [0.29, 0.717) is 13.0 Å². The highest BCUT2D eigenvalue weighted by molar-refractivity contribution is 5.91. The van der Waals surface area contributed by atoms with Gasteiger partial charge in [0.15, 0.2) is 6.04 Å². The molecule has 0 radical (unpaired) electrons. The molecule has 0 N–H and O–H groups in total. The topological polar surface area (TPSA) is 38.7 Å². The lowest BCUT2D eigenvalue weighted by Crippen LogP contribution is -2.31. The van der Waals surface area contributed by atoms with Gasteiger partial charge >= 0.3 is 5.97 Å². The predicted molar refractivity (Wildman–Crippen MR) is 58.0 cm³/mol. The molecule has 0 aromatic heterocycles. The van der Waals surface area contributed by atoms with E-state index >= 15 is 0 Å². The number of rotatable bonds is 2. The summed E-state index contributed by atoms with van der Waals surface area (Å²) in [4.78, 5) is 15.7. The van der Waals surface area contributed by atoms with E-state index in [1.165, 1.54) is 0 Å². The van der Waals surface area contributed by atoms with Crippen molar-refractivity contribution in [1.82, 2.24) is 0 Å². The van der Waals surface area contributed by atoms with Gasteiger partial charge in [0.05, 0.1) is 0 Å². The van der Waals surface area contributed by atoms with Crippen molar-refractivity contribution in [3.63, 3.8) is 0 Å². The maximum absolute atomic E-state index is 11.4. The summed E-state index contributed by atoms with van der Waals surface area (Å²) in [6, 6.07) is 9.50. The number of carbonyl (C=O) groups excluding carboxylic acids is 1. The standard InChI is InChI=1S/C12H13NO2/c1-9-8-15-12(14)11(13-9)7-10-5-3-2-4-6-10/h2-6,11H,7-8H2,1H3/t11-/m0/s1. The molecule has 15 heavy (non-hydrogen) atoms. The molecule has 0 amide bonds. The quantitative estimate of drug-likeness (QED) is 0.685. The van der Waals surface area contributed by atoms with Crippen LogP contribution in [0.1, 0.15) is 12.5 Å². The van der Waals surface area contributed by atoms with Crippen molar-refractivity contribution in [3.05, 3.63) is 35.9 Å². The molecule has 2 rings (SSSR count). The Morgan fingerprint density at radius 3 is 2.87 bits per heavy atom. The van der Waals surface area contributed by atoms with E-state index in [4.69, 9.17) is 4.74 Å². The third-order valence-corrected chi connectivity index (χ3v) is 2.34. The van der Waals surface area contributed by atoms with Gasteiger partial charge in [0.2, 0.25) is 0 Å². The minimum atomic E-state index is -0.360. The summed E-state index contributed by atoms with van der Waals surface area (Å²) >= 11 is 0. The van der Waals surface area contributed by atoms with Crippen molar-refractivity contribution in [3.8, 4) is 0 Å². The number of carbonyl (C=O) groups is 1. The van der Waals surface area contributed by atoms with E-state index < -0.39 is 0 Å².